The number of nitrogens with zero attached hydrogens (tertiary/aromatic N) is 2. The van der Waals surface area contributed by atoms with Gasteiger partial charge in [-0.1, -0.05) is 78.9 Å². The Morgan fingerprint density at radius 2 is 1.38 bits per heavy atom. The predicted octanol–water partition coefficient (Wildman–Crippen LogP) is 6.47. The quantitative estimate of drug-likeness (QED) is 0.453. The van der Waals surface area contributed by atoms with Crippen LogP contribution in [0.5, 0.6) is 0 Å². The van der Waals surface area contributed by atoms with E-state index in [1.807, 2.05) is 23.5 Å². The normalized spacial score (nSPS) is 24.2. The molecule has 2 atom stereocenters. The average molecular weight is 417 g/mol. The minimum atomic E-state index is -0.173. The lowest BCUT2D eigenvalue weighted by atomic mass is 9.70. The van der Waals surface area contributed by atoms with Crippen LogP contribution in [0.4, 0.5) is 5.69 Å². The van der Waals surface area contributed by atoms with E-state index >= 15 is 0 Å². The number of para-hydroxylation sites is 1. The number of amidine groups is 1. The van der Waals surface area contributed by atoms with Crippen molar-refractivity contribution in [2.24, 2.45) is 4.99 Å². The lowest BCUT2D eigenvalue weighted by molar-refractivity contribution is 0.162. The Labute approximate surface area is 181 Å². The smallest absolute Gasteiger partial charge is 0.151 e. The van der Waals surface area contributed by atoms with Crippen LogP contribution in [0.3, 0.4) is 0 Å². The van der Waals surface area contributed by atoms with Gasteiger partial charge >= 0.3 is 0 Å². The van der Waals surface area contributed by atoms with Gasteiger partial charge in [0.1, 0.15) is 5.84 Å². The molecule has 146 valence electrons. The van der Waals surface area contributed by atoms with E-state index in [4.69, 9.17) is 4.99 Å². The molecule has 0 radical (unpaired) electrons. The fraction of sp³-hybridized carbons (Fsp3) is 0.240. The van der Waals surface area contributed by atoms with Gasteiger partial charge < -0.3 is 4.90 Å². The fourth-order valence-corrected chi connectivity index (χ4v) is 7.66. The summed E-state index contributed by atoms with van der Waals surface area (Å²) in [4.78, 5) is 7.79. The summed E-state index contributed by atoms with van der Waals surface area (Å²) in [6, 6.07) is 30.5. The zero-order chi connectivity index (χ0) is 20.1. The molecule has 2 aliphatic heterocycles. The first-order chi connectivity index (χ1) is 14.2. The molecule has 2 aliphatic rings. The van der Waals surface area contributed by atoms with Gasteiger partial charge in [-0.05, 0) is 36.6 Å². The third-order valence-corrected chi connectivity index (χ3v) is 9.68. The minimum absolute atomic E-state index is 0.138. The van der Waals surface area contributed by atoms with Crippen molar-refractivity contribution in [3.63, 3.8) is 0 Å². The zero-order valence-corrected chi connectivity index (χ0v) is 18.5. The molecule has 4 heteroatoms. The van der Waals surface area contributed by atoms with Crippen LogP contribution >= 0.6 is 23.5 Å². The average Bonchev–Trinajstić information content (AvgIpc) is 2.80. The van der Waals surface area contributed by atoms with Crippen molar-refractivity contribution in [2.75, 3.05) is 12.5 Å². The van der Waals surface area contributed by atoms with Crippen LogP contribution in [0.15, 0.2) is 89.9 Å². The standard InChI is InChI=1S/C25H24N2S2/c1-24(19-14-8-5-9-15-19)23-26-21-17-11-10-16-20(21)22(18-12-6-4-7-13-18)27(23)25(24,28-2)29-3/h4-17,22H,1-3H3/t22-,24-/m0/s1. The molecule has 0 bridgehead atoms. The first kappa shape index (κ1) is 18.8. The van der Waals surface area contributed by atoms with E-state index in [0.717, 1.165) is 5.69 Å². The Morgan fingerprint density at radius 3 is 2.03 bits per heavy atom. The van der Waals surface area contributed by atoms with Crippen molar-refractivity contribution >= 4 is 35.0 Å². The molecule has 2 nitrogen and oxygen atoms in total. The first-order valence-electron chi connectivity index (χ1n) is 9.85. The van der Waals surface area contributed by atoms with Gasteiger partial charge in [0.15, 0.2) is 4.20 Å². The molecule has 0 amide bonds. The van der Waals surface area contributed by atoms with E-state index < -0.39 is 0 Å². The largest absolute Gasteiger partial charge is 0.323 e. The minimum Gasteiger partial charge on any atom is -0.323 e. The molecule has 5 rings (SSSR count). The van der Waals surface area contributed by atoms with E-state index in [2.05, 4.69) is 109 Å². The van der Waals surface area contributed by atoms with Crippen LogP contribution in [0.2, 0.25) is 0 Å². The van der Waals surface area contributed by atoms with Crippen LogP contribution in [-0.2, 0) is 5.41 Å². The Kier molecular flexibility index (Phi) is 4.52. The number of rotatable bonds is 4. The molecule has 29 heavy (non-hydrogen) atoms. The Morgan fingerprint density at radius 1 is 0.793 bits per heavy atom. The molecule has 3 aromatic carbocycles. The van der Waals surface area contributed by atoms with Crippen LogP contribution in [0, 0.1) is 0 Å². The second-order valence-electron chi connectivity index (χ2n) is 7.66. The molecule has 0 saturated carbocycles. The Bertz CT molecular complexity index is 1060. The van der Waals surface area contributed by atoms with Crippen molar-refractivity contribution in [3.8, 4) is 0 Å². The van der Waals surface area contributed by atoms with Crippen molar-refractivity contribution in [3.05, 3.63) is 102 Å². The molecule has 1 fully saturated rings. The van der Waals surface area contributed by atoms with Crippen LogP contribution < -0.4 is 0 Å². The summed E-state index contributed by atoms with van der Waals surface area (Å²) in [6.45, 7) is 2.36. The SMILES string of the molecule is CSC1(SC)N2C(=Nc3ccccc3[C@@H]2c2ccccc2)[C@]1(C)c1ccccc1. The number of aliphatic imine (C=N–C) groups is 1. The van der Waals surface area contributed by atoms with Crippen LogP contribution in [0.25, 0.3) is 0 Å². The van der Waals surface area contributed by atoms with Gasteiger partial charge in [0.25, 0.3) is 0 Å². The summed E-state index contributed by atoms with van der Waals surface area (Å²) in [5.74, 6) is 1.17. The summed E-state index contributed by atoms with van der Waals surface area (Å²) < 4.78 is -0.138. The molecular weight excluding hydrogens is 392 g/mol. The topological polar surface area (TPSA) is 15.6 Å². The number of thioether (sulfide) groups is 2. The van der Waals surface area contributed by atoms with Gasteiger partial charge in [0, 0.05) is 5.56 Å². The Balaban J connectivity index is 1.78. The highest BCUT2D eigenvalue weighted by atomic mass is 32.2. The van der Waals surface area contributed by atoms with Crippen LogP contribution in [-0.4, -0.2) is 27.5 Å². The summed E-state index contributed by atoms with van der Waals surface area (Å²) in [5.41, 5.74) is 4.84. The Hall–Kier alpha value is -2.17. The molecule has 1 saturated heterocycles. The van der Waals surface area contributed by atoms with E-state index in [9.17, 15) is 0 Å². The van der Waals surface area contributed by atoms with Gasteiger partial charge in [-0.3, -0.25) is 0 Å². The monoisotopic (exact) mass is 416 g/mol. The number of hydrogen-bond acceptors (Lipinski definition) is 4. The summed E-state index contributed by atoms with van der Waals surface area (Å²) >= 11 is 3.86. The molecule has 0 aliphatic carbocycles. The van der Waals surface area contributed by atoms with Gasteiger partial charge in [0.05, 0.1) is 17.1 Å². The van der Waals surface area contributed by atoms with Gasteiger partial charge in [-0.2, -0.15) is 0 Å². The second-order valence-corrected chi connectivity index (χ2v) is 9.92. The molecule has 2 heterocycles. The number of benzene rings is 3. The highest BCUT2D eigenvalue weighted by Crippen LogP contribution is 2.66. The van der Waals surface area contributed by atoms with Crippen molar-refractivity contribution < 1.29 is 0 Å². The van der Waals surface area contributed by atoms with Crippen LogP contribution in [0.1, 0.15) is 29.7 Å². The maximum Gasteiger partial charge on any atom is 0.151 e. The van der Waals surface area contributed by atoms with Gasteiger partial charge in [0.2, 0.25) is 0 Å². The van der Waals surface area contributed by atoms with Crippen molar-refractivity contribution in [1.82, 2.24) is 4.90 Å². The van der Waals surface area contributed by atoms with Gasteiger partial charge in [-0.25, -0.2) is 4.99 Å². The van der Waals surface area contributed by atoms with Crippen molar-refractivity contribution in [1.29, 1.82) is 0 Å². The third-order valence-electron chi connectivity index (χ3n) is 6.36. The van der Waals surface area contributed by atoms with E-state index in [-0.39, 0.29) is 15.7 Å². The molecule has 3 aromatic rings. The lowest BCUT2D eigenvalue weighted by Gasteiger charge is -2.68. The molecule has 0 aromatic heterocycles. The fourth-order valence-electron chi connectivity index (χ4n) is 4.98. The highest BCUT2D eigenvalue weighted by Gasteiger charge is 2.70. The predicted molar refractivity (Wildman–Crippen MR) is 127 cm³/mol. The number of hydrogen-bond donors (Lipinski definition) is 0. The van der Waals surface area contributed by atoms with Crippen molar-refractivity contribution in [2.45, 2.75) is 22.6 Å². The van der Waals surface area contributed by atoms with E-state index in [1.165, 1.54) is 22.5 Å². The highest BCUT2D eigenvalue weighted by molar-refractivity contribution is 8.17. The maximum absolute atomic E-state index is 5.23. The molecule has 0 unspecified atom stereocenters. The van der Waals surface area contributed by atoms with Gasteiger partial charge in [-0.15, -0.1) is 23.5 Å². The summed E-state index contributed by atoms with van der Waals surface area (Å²) in [5, 5.41) is 0. The maximum atomic E-state index is 5.23. The van der Waals surface area contributed by atoms with E-state index in [0.29, 0.717) is 0 Å². The number of fused-ring (bicyclic) bond motifs is 2. The molecular formula is C25H24N2S2. The molecule has 0 spiro atoms. The molecule has 0 N–H and O–H groups in total. The first-order valence-corrected chi connectivity index (χ1v) is 12.3. The van der Waals surface area contributed by atoms with E-state index in [1.54, 1.807) is 0 Å². The third kappa shape index (κ3) is 2.42. The zero-order valence-electron chi connectivity index (χ0n) is 16.9. The summed E-state index contributed by atoms with van der Waals surface area (Å²) in [7, 11) is 0. The summed E-state index contributed by atoms with van der Waals surface area (Å²) in [6.07, 6.45) is 4.47. The lowest BCUT2D eigenvalue weighted by Crippen LogP contribution is -2.77. The second kappa shape index (κ2) is 6.96.